The molecule has 0 saturated heterocycles. The van der Waals surface area contributed by atoms with Crippen molar-refractivity contribution in [2.45, 2.75) is 33.9 Å². The number of nitrogens with zero attached hydrogens (tertiary/aromatic N) is 4. The van der Waals surface area contributed by atoms with Gasteiger partial charge in [-0.2, -0.15) is 9.78 Å². The van der Waals surface area contributed by atoms with E-state index in [9.17, 15) is 19.2 Å². The number of thiophene rings is 1. The summed E-state index contributed by atoms with van der Waals surface area (Å²) >= 11 is 7.45. The number of aldehydes is 1. The molecule has 0 unspecified atom stereocenters. The number of aromatic nitrogens is 4. The van der Waals surface area contributed by atoms with Crippen LogP contribution in [0, 0.1) is 5.41 Å². The number of carbonyl (C=O) groups is 3. The lowest BCUT2D eigenvalue weighted by Gasteiger charge is -2.18. The number of halogens is 1. The molecule has 0 fully saturated rings. The van der Waals surface area contributed by atoms with Crippen molar-refractivity contribution in [3.63, 3.8) is 0 Å². The molecule has 4 aromatic rings. The van der Waals surface area contributed by atoms with Crippen molar-refractivity contribution >= 4 is 46.7 Å². The van der Waals surface area contributed by atoms with Crippen LogP contribution in [0.25, 0.3) is 11.3 Å². The monoisotopic (exact) mass is 537 g/mol. The second kappa shape index (κ2) is 10.6. The molecule has 0 saturated carbocycles. The maximum Gasteiger partial charge on any atom is 0.254 e. The minimum absolute atomic E-state index is 0.129. The molecule has 190 valence electrons. The van der Waals surface area contributed by atoms with Crippen molar-refractivity contribution in [3.05, 3.63) is 85.7 Å². The molecule has 37 heavy (non-hydrogen) atoms. The van der Waals surface area contributed by atoms with E-state index in [1.807, 2.05) is 6.07 Å². The van der Waals surface area contributed by atoms with E-state index in [1.54, 1.807) is 51.1 Å². The zero-order chi connectivity index (χ0) is 26.7. The molecule has 0 radical (unpaired) electrons. The minimum atomic E-state index is -0.758. The van der Waals surface area contributed by atoms with Gasteiger partial charge in [-0.1, -0.05) is 38.4 Å². The lowest BCUT2D eigenvalue weighted by Crippen LogP contribution is -2.29. The largest absolute Gasteiger partial charge is 0.365 e. The Hall–Kier alpha value is -3.89. The van der Waals surface area contributed by atoms with Gasteiger partial charge in [0.25, 0.3) is 11.5 Å². The van der Waals surface area contributed by atoms with Crippen LogP contribution in [0.15, 0.2) is 59.7 Å². The van der Waals surface area contributed by atoms with Crippen LogP contribution in [-0.2, 0) is 17.9 Å². The fraction of sp³-hybridized carbons (Fsp3) is 0.231. The highest BCUT2D eigenvalue weighted by Gasteiger charge is 2.28. The molecule has 4 aromatic heterocycles. The highest BCUT2D eigenvalue weighted by molar-refractivity contribution is 7.16. The second-order valence-electron chi connectivity index (χ2n) is 9.24. The molecule has 11 heteroatoms. The Morgan fingerprint density at radius 3 is 2.57 bits per heavy atom. The highest BCUT2D eigenvalue weighted by Crippen LogP contribution is 2.29. The van der Waals surface area contributed by atoms with E-state index in [4.69, 9.17) is 11.6 Å². The van der Waals surface area contributed by atoms with Gasteiger partial charge < -0.3 is 14.7 Å². The molecule has 1 N–H and O–H groups in total. The number of hydrogen-bond donors (Lipinski definition) is 1. The topological polar surface area (TPSA) is 116 Å². The lowest BCUT2D eigenvalue weighted by atomic mass is 9.96. The first-order chi connectivity index (χ1) is 17.6. The van der Waals surface area contributed by atoms with Crippen LogP contribution in [0.2, 0.25) is 4.34 Å². The third kappa shape index (κ3) is 5.76. The first-order valence-corrected chi connectivity index (χ1v) is 12.5. The molecule has 4 heterocycles. The fourth-order valence-electron chi connectivity index (χ4n) is 3.56. The third-order valence-electron chi connectivity index (χ3n) is 5.43. The van der Waals surface area contributed by atoms with E-state index in [1.165, 1.54) is 34.5 Å². The summed E-state index contributed by atoms with van der Waals surface area (Å²) in [6, 6.07) is 11.5. The number of anilines is 1. The van der Waals surface area contributed by atoms with Crippen molar-refractivity contribution in [2.24, 2.45) is 5.41 Å². The Morgan fingerprint density at radius 1 is 1.16 bits per heavy atom. The molecule has 0 atom stereocenters. The molecule has 0 amide bonds. The molecule has 4 rings (SSSR count). The molecular weight excluding hydrogens is 514 g/mol. The van der Waals surface area contributed by atoms with Crippen molar-refractivity contribution in [2.75, 3.05) is 5.32 Å². The summed E-state index contributed by atoms with van der Waals surface area (Å²) in [5, 5.41) is 7.73. The Balaban J connectivity index is 1.85. The Morgan fingerprint density at radius 2 is 1.95 bits per heavy atom. The SMILES string of the molecule is CC(C)(C)C(=O)n1nc(-c2cc(=O)n(CC=O)cc2C(=O)c2ccccn2)cc1NCc1ccc(Cl)s1. The van der Waals surface area contributed by atoms with Crippen LogP contribution in [0.4, 0.5) is 5.82 Å². The van der Waals surface area contributed by atoms with Crippen LogP contribution >= 0.6 is 22.9 Å². The summed E-state index contributed by atoms with van der Waals surface area (Å²) in [4.78, 5) is 55.6. The number of rotatable bonds is 8. The summed E-state index contributed by atoms with van der Waals surface area (Å²) < 4.78 is 3.03. The summed E-state index contributed by atoms with van der Waals surface area (Å²) in [7, 11) is 0. The van der Waals surface area contributed by atoms with Gasteiger partial charge in [0, 0.05) is 40.4 Å². The zero-order valence-electron chi connectivity index (χ0n) is 20.4. The van der Waals surface area contributed by atoms with E-state index in [2.05, 4.69) is 15.4 Å². The molecule has 0 spiro atoms. The first-order valence-electron chi connectivity index (χ1n) is 11.4. The maximum absolute atomic E-state index is 13.4. The molecule has 0 aliphatic rings. The minimum Gasteiger partial charge on any atom is -0.365 e. The van der Waals surface area contributed by atoms with Gasteiger partial charge in [0.15, 0.2) is 0 Å². The Labute approximate surface area is 221 Å². The van der Waals surface area contributed by atoms with E-state index in [-0.39, 0.29) is 35.0 Å². The molecular formula is C26H24ClN5O4S. The Kier molecular flexibility index (Phi) is 7.51. The number of hydrogen-bond acceptors (Lipinski definition) is 8. The Bertz CT molecular complexity index is 1530. The summed E-state index contributed by atoms with van der Waals surface area (Å²) in [6.45, 7) is 5.50. The van der Waals surface area contributed by atoms with Crippen molar-refractivity contribution in [1.29, 1.82) is 0 Å². The van der Waals surface area contributed by atoms with Gasteiger partial charge in [-0.3, -0.25) is 19.4 Å². The van der Waals surface area contributed by atoms with E-state index >= 15 is 0 Å². The van der Waals surface area contributed by atoms with Crippen LogP contribution in [0.1, 0.15) is 46.5 Å². The quantitative estimate of drug-likeness (QED) is 0.259. The van der Waals surface area contributed by atoms with Gasteiger partial charge >= 0.3 is 0 Å². The summed E-state index contributed by atoms with van der Waals surface area (Å²) in [5.41, 5.74) is -0.474. The lowest BCUT2D eigenvalue weighted by molar-refractivity contribution is -0.108. The van der Waals surface area contributed by atoms with Crippen molar-refractivity contribution in [1.82, 2.24) is 19.3 Å². The highest BCUT2D eigenvalue weighted by atomic mass is 35.5. The maximum atomic E-state index is 13.4. The molecule has 0 bridgehead atoms. The van der Waals surface area contributed by atoms with Gasteiger partial charge in [-0.15, -0.1) is 11.3 Å². The number of nitrogens with one attached hydrogen (secondary N) is 1. The van der Waals surface area contributed by atoms with Gasteiger partial charge in [-0.05, 0) is 24.3 Å². The predicted molar refractivity (Wildman–Crippen MR) is 142 cm³/mol. The molecule has 0 aromatic carbocycles. The van der Waals surface area contributed by atoms with Crippen molar-refractivity contribution < 1.29 is 14.4 Å². The van der Waals surface area contributed by atoms with Gasteiger partial charge in [0.2, 0.25) is 5.78 Å². The average Bonchev–Trinajstić information content (AvgIpc) is 3.48. The summed E-state index contributed by atoms with van der Waals surface area (Å²) in [5.74, 6) is -0.334. The second-order valence-corrected chi connectivity index (χ2v) is 11.0. The number of pyridine rings is 2. The van der Waals surface area contributed by atoms with Gasteiger partial charge in [0.1, 0.15) is 17.8 Å². The van der Waals surface area contributed by atoms with Crippen LogP contribution in [0.5, 0.6) is 0 Å². The van der Waals surface area contributed by atoms with Gasteiger partial charge in [0.05, 0.1) is 28.7 Å². The van der Waals surface area contributed by atoms with Crippen LogP contribution in [-0.4, -0.2) is 37.3 Å². The third-order valence-corrected chi connectivity index (χ3v) is 6.66. The number of ketones is 1. The smallest absolute Gasteiger partial charge is 0.254 e. The zero-order valence-corrected chi connectivity index (χ0v) is 22.0. The fourth-order valence-corrected chi connectivity index (χ4v) is 4.59. The molecule has 0 aliphatic carbocycles. The molecule has 9 nitrogen and oxygen atoms in total. The molecule has 0 aliphatic heterocycles. The normalized spacial score (nSPS) is 11.4. The van der Waals surface area contributed by atoms with E-state index < -0.39 is 16.8 Å². The number of carbonyl (C=O) groups excluding carboxylic acids is 3. The first kappa shape index (κ1) is 26.2. The predicted octanol–water partition coefficient (Wildman–Crippen LogP) is 4.55. The van der Waals surface area contributed by atoms with E-state index in [0.717, 1.165) is 9.44 Å². The van der Waals surface area contributed by atoms with Crippen LogP contribution < -0.4 is 10.9 Å². The summed E-state index contributed by atoms with van der Waals surface area (Å²) in [6.07, 6.45) is 3.39. The van der Waals surface area contributed by atoms with Crippen molar-refractivity contribution in [3.8, 4) is 11.3 Å². The van der Waals surface area contributed by atoms with Gasteiger partial charge in [-0.25, -0.2) is 0 Å². The van der Waals surface area contributed by atoms with Crippen LogP contribution in [0.3, 0.4) is 0 Å². The van der Waals surface area contributed by atoms with E-state index in [0.29, 0.717) is 23.0 Å². The standard InChI is InChI=1S/C26H24ClN5O4S/c1-26(2,3)25(36)32-22(29-14-16-7-8-21(27)37-16)13-20(30-32)17-12-23(34)31(10-11-33)15-18(17)24(35)19-6-4-5-9-28-19/h4-9,11-13,15,29H,10,14H2,1-3H3. The average molecular weight is 538 g/mol.